The highest BCUT2D eigenvalue weighted by atomic mass is 79.9. The van der Waals surface area contributed by atoms with Gasteiger partial charge in [-0.05, 0) is 61.5 Å². The summed E-state index contributed by atoms with van der Waals surface area (Å²) >= 11 is 3.76. The molecule has 0 amide bonds. The number of methoxy groups -OCH3 is 1. The fourth-order valence-corrected chi connectivity index (χ4v) is 4.41. The Morgan fingerprint density at radius 2 is 2.06 bits per heavy atom. The first-order chi connectivity index (χ1) is 8.65. The van der Waals surface area contributed by atoms with Gasteiger partial charge in [0, 0.05) is 5.33 Å². The van der Waals surface area contributed by atoms with E-state index in [1.165, 1.54) is 30.4 Å². The lowest BCUT2D eigenvalue weighted by molar-refractivity contribution is 0.302. The zero-order valence-electron chi connectivity index (χ0n) is 11.2. The number of benzene rings is 1. The standard InChI is InChI=1S/C16H21BrO/c1-11-3-4-15(18-2)14(5-11)9-16(10-17)7-12-6-13(12)8-16/h3-5,12-13H,6-10H2,1-2H3. The molecule has 2 aliphatic rings. The van der Waals surface area contributed by atoms with Gasteiger partial charge in [-0.15, -0.1) is 0 Å². The van der Waals surface area contributed by atoms with E-state index in [4.69, 9.17) is 4.74 Å². The third-order valence-corrected chi connectivity index (χ3v) is 5.93. The molecule has 2 heteroatoms. The van der Waals surface area contributed by atoms with E-state index >= 15 is 0 Å². The average molecular weight is 309 g/mol. The molecule has 0 aromatic heterocycles. The van der Waals surface area contributed by atoms with Gasteiger partial charge in [0.25, 0.3) is 0 Å². The van der Waals surface area contributed by atoms with Crippen LogP contribution in [-0.4, -0.2) is 12.4 Å². The predicted octanol–water partition coefficient (Wildman–Crippen LogP) is 4.36. The van der Waals surface area contributed by atoms with E-state index in [0.717, 1.165) is 29.3 Å². The first-order valence-electron chi connectivity index (χ1n) is 6.85. The Balaban J connectivity index is 1.84. The van der Waals surface area contributed by atoms with Gasteiger partial charge in [0.15, 0.2) is 0 Å². The fraction of sp³-hybridized carbons (Fsp3) is 0.625. The number of hydrogen-bond donors (Lipinski definition) is 0. The van der Waals surface area contributed by atoms with Gasteiger partial charge >= 0.3 is 0 Å². The lowest BCUT2D eigenvalue weighted by Crippen LogP contribution is -2.24. The molecule has 0 spiro atoms. The quantitative estimate of drug-likeness (QED) is 0.751. The van der Waals surface area contributed by atoms with Gasteiger partial charge in [0.1, 0.15) is 5.75 Å². The minimum atomic E-state index is 0.481. The Labute approximate surface area is 118 Å². The summed E-state index contributed by atoms with van der Waals surface area (Å²) < 4.78 is 5.52. The normalized spacial score (nSPS) is 33.3. The van der Waals surface area contributed by atoms with Crippen LogP contribution in [0.4, 0.5) is 0 Å². The molecular weight excluding hydrogens is 288 g/mol. The van der Waals surface area contributed by atoms with Gasteiger partial charge < -0.3 is 4.74 Å². The van der Waals surface area contributed by atoms with Crippen molar-refractivity contribution in [2.75, 3.05) is 12.4 Å². The molecular formula is C16H21BrO. The van der Waals surface area contributed by atoms with E-state index < -0.39 is 0 Å². The molecule has 18 heavy (non-hydrogen) atoms. The second kappa shape index (κ2) is 4.56. The summed E-state index contributed by atoms with van der Waals surface area (Å²) in [5.41, 5.74) is 3.20. The maximum Gasteiger partial charge on any atom is 0.122 e. The van der Waals surface area contributed by atoms with Crippen LogP contribution >= 0.6 is 15.9 Å². The summed E-state index contributed by atoms with van der Waals surface area (Å²) in [5, 5.41) is 1.13. The molecule has 98 valence electrons. The van der Waals surface area contributed by atoms with Crippen molar-refractivity contribution in [1.29, 1.82) is 0 Å². The van der Waals surface area contributed by atoms with Crippen LogP contribution in [0.25, 0.3) is 0 Å². The molecule has 0 aliphatic heterocycles. The van der Waals surface area contributed by atoms with Crippen molar-refractivity contribution < 1.29 is 4.74 Å². The second-order valence-electron chi connectivity index (χ2n) is 6.29. The highest BCUT2D eigenvalue weighted by Crippen LogP contribution is 2.61. The van der Waals surface area contributed by atoms with E-state index in [0.29, 0.717) is 5.41 Å². The molecule has 0 heterocycles. The predicted molar refractivity (Wildman–Crippen MR) is 78.5 cm³/mol. The number of ether oxygens (including phenoxy) is 1. The largest absolute Gasteiger partial charge is 0.496 e. The SMILES string of the molecule is COc1ccc(C)cc1CC1(CBr)CC2CC2C1. The first kappa shape index (κ1) is 12.5. The van der Waals surface area contributed by atoms with Crippen molar-refractivity contribution in [1.82, 2.24) is 0 Å². The summed E-state index contributed by atoms with van der Waals surface area (Å²) in [7, 11) is 1.78. The number of rotatable bonds is 4. The molecule has 1 nitrogen and oxygen atoms in total. The minimum Gasteiger partial charge on any atom is -0.496 e. The first-order valence-corrected chi connectivity index (χ1v) is 7.97. The second-order valence-corrected chi connectivity index (χ2v) is 6.85. The van der Waals surface area contributed by atoms with Crippen LogP contribution in [0.1, 0.15) is 30.4 Å². The molecule has 3 rings (SSSR count). The number of halogens is 1. The van der Waals surface area contributed by atoms with Crippen molar-refractivity contribution >= 4 is 15.9 Å². The summed E-state index contributed by atoms with van der Waals surface area (Å²) in [4.78, 5) is 0. The van der Waals surface area contributed by atoms with E-state index in [1.807, 2.05) is 0 Å². The van der Waals surface area contributed by atoms with Crippen molar-refractivity contribution in [2.45, 2.75) is 32.6 Å². The van der Waals surface area contributed by atoms with Crippen LogP contribution in [0.2, 0.25) is 0 Å². The molecule has 2 fully saturated rings. The van der Waals surface area contributed by atoms with E-state index in [-0.39, 0.29) is 0 Å². The van der Waals surface area contributed by atoms with Crippen molar-refractivity contribution in [3.8, 4) is 5.75 Å². The van der Waals surface area contributed by atoms with Gasteiger partial charge in [0.05, 0.1) is 7.11 Å². The van der Waals surface area contributed by atoms with Crippen LogP contribution in [0, 0.1) is 24.2 Å². The molecule has 1 aromatic rings. The van der Waals surface area contributed by atoms with Crippen LogP contribution in [0.3, 0.4) is 0 Å². The number of aryl methyl sites for hydroxylation is 1. The lowest BCUT2D eigenvalue weighted by Gasteiger charge is -2.29. The minimum absolute atomic E-state index is 0.481. The summed E-state index contributed by atoms with van der Waals surface area (Å²) in [6, 6.07) is 6.55. The van der Waals surface area contributed by atoms with Crippen LogP contribution in [0.15, 0.2) is 18.2 Å². The topological polar surface area (TPSA) is 9.23 Å². The molecule has 2 saturated carbocycles. The third kappa shape index (κ3) is 2.20. The Hall–Kier alpha value is -0.500. The molecule has 0 radical (unpaired) electrons. The third-order valence-electron chi connectivity index (χ3n) is 4.74. The number of hydrogen-bond acceptors (Lipinski definition) is 1. The smallest absolute Gasteiger partial charge is 0.122 e. The van der Waals surface area contributed by atoms with E-state index in [2.05, 4.69) is 41.1 Å². The zero-order chi connectivity index (χ0) is 12.8. The highest BCUT2D eigenvalue weighted by molar-refractivity contribution is 9.09. The Morgan fingerprint density at radius 1 is 1.33 bits per heavy atom. The van der Waals surface area contributed by atoms with Crippen molar-refractivity contribution in [2.24, 2.45) is 17.3 Å². The highest BCUT2D eigenvalue weighted by Gasteiger charge is 2.53. The van der Waals surface area contributed by atoms with Crippen LogP contribution in [-0.2, 0) is 6.42 Å². The number of alkyl halides is 1. The zero-order valence-corrected chi connectivity index (χ0v) is 12.8. The van der Waals surface area contributed by atoms with Gasteiger partial charge in [-0.2, -0.15) is 0 Å². The Morgan fingerprint density at radius 3 is 2.67 bits per heavy atom. The molecule has 0 saturated heterocycles. The van der Waals surface area contributed by atoms with Crippen LogP contribution < -0.4 is 4.74 Å². The van der Waals surface area contributed by atoms with Crippen LogP contribution in [0.5, 0.6) is 5.75 Å². The van der Waals surface area contributed by atoms with Gasteiger partial charge in [-0.3, -0.25) is 0 Å². The molecule has 2 atom stereocenters. The molecule has 0 bridgehead atoms. The fourth-order valence-electron chi connectivity index (χ4n) is 3.76. The monoisotopic (exact) mass is 308 g/mol. The maximum atomic E-state index is 5.52. The van der Waals surface area contributed by atoms with Gasteiger partial charge in [-0.1, -0.05) is 33.6 Å². The maximum absolute atomic E-state index is 5.52. The molecule has 2 aliphatic carbocycles. The average Bonchev–Trinajstić information content (AvgIpc) is 2.98. The molecule has 2 unspecified atom stereocenters. The van der Waals surface area contributed by atoms with Crippen molar-refractivity contribution in [3.63, 3.8) is 0 Å². The van der Waals surface area contributed by atoms with E-state index in [1.54, 1.807) is 7.11 Å². The lowest BCUT2D eigenvalue weighted by atomic mass is 9.79. The van der Waals surface area contributed by atoms with Crippen molar-refractivity contribution in [3.05, 3.63) is 29.3 Å². The summed E-state index contributed by atoms with van der Waals surface area (Å²) in [5.74, 6) is 3.11. The summed E-state index contributed by atoms with van der Waals surface area (Å²) in [6.07, 6.45) is 5.45. The van der Waals surface area contributed by atoms with Gasteiger partial charge in [-0.25, -0.2) is 0 Å². The summed E-state index contributed by atoms with van der Waals surface area (Å²) in [6.45, 7) is 2.16. The Kier molecular flexibility index (Phi) is 3.17. The van der Waals surface area contributed by atoms with Gasteiger partial charge in [0.2, 0.25) is 0 Å². The molecule has 0 N–H and O–H groups in total. The molecule has 1 aromatic carbocycles. The number of fused-ring (bicyclic) bond motifs is 1. The Bertz CT molecular complexity index is 444. The van der Waals surface area contributed by atoms with E-state index in [9.17, 15) is 0 Å².